The molecule has 0 bridgehead atoms. The van der Waals surface area contributed by atoms with Gasteiger partial charge in [-0.3, -0.25) is 14.3 Å². The number of hydrogen-bond acceptors (Lipinski definition) is 3. The van der Waals surface area contributed by atoms with Gasteiger partial charge in [0.25, 0.3) is 0 Å². The first-order valence-electron chi connectivity index (χ1n) is 9.14. The summed E-state index contributed by atoms with van der Waals surface area (Å²) in [6, 6.07) is 6.56. The molecule has 0 spiro atoms. The van der Waals surface area contributed by atoms with Crippen molar-refractivity contribution in [3.63, 3.8) is 0 Å². The predicted octanol–water partition coefficient (Wildman–Crippen LogP) is 3.37. The first-order valence-corrected chi connectivity index (χ1v) is 9.14. The second kappa shape index (κ2) is 6.34. The normalized spacial score (nSPS) is 22.8. The van der Waals surface area contributed by atoms with Crippen molar-refractivity contribution in [2.75, 3.05) is 4.90 Å². The lowest BCUT2D eigenvalue weighted by Gasteiger charge is -2.19. The number of carbonyl (C=O) groups is 2. The van der Waals surface area contributed by atoms with Crippen LogP contribution in [0.4, 0.5) is 10.1 Å². The van der Waals surface area contributed by atoms with E-state index in [0.717, 1.165) is 25.7 Å². The van der Waals surface area contributed by atoms with E-state index in [4.69, 9.17) is 0 Å². The first kappa shape index (κ1) is 16.9. The summed E-state index contributed by atoms with van der Waals surface area (Å²) in [7, 11) is 0. The summed E-state index contributed by atoms with van der Waals surface area (Å²) in [6.07, 6.45) is 3.57. The highest BCUT2D eigenvalue weighted by Gasteiger charge is 2.50. The number of rotatable bonds is 3. The Kier molecular flexibility index (Phi) is 4.13. The van der Waals surface area contributed by atoms with Gasteiger partial charge in [-0.25, -0.2) is 9.29 Å². The van der Waals surface area contributed by atoms with Crippen LogP contribution in [0.2, 0.25) is 0 Å². The Hall–Kier alpha value is -2.50. The molecular formula is C20H22FN3O2. The summed E-state index contributed by atoms with van der Waals surface area (Å²) in [4.78, 5) is 27.1. The minimum absolute atomic E-state index is 0.101. The number of aryl methyl sites for hydroxylation is 1. The fourth-order valence-corrected chi connectivity index (χ4v) is 4.34. The van der Waals surface area contributed by atoms with Crippen LogP contribution in [0.15, 0.2) is 24.3 Å². The number of nitrogens with zero attached hydrogens (tertiary/aromatic N) is 3. The fraction of sp³-hybridized carbons (Fsp3) is 0.450. The molecule has 2 amide bonds. The number of fused-ring (bicyclic) bond motifs is 1. The predicted molar refractivity (Wildman–Crippen MR) is 95.1 cm³/mol. The zero-order valence-corrected chi connectivity index (χ0v) is 15.0. The summed E-state index contributed by atoms with van der Waals surface area (Å²) in [5, 5.41) is 4.48. The molecule has 1 aliphatic heterocycles. The molecule has 26 heavy (non-hydrogen) atoms. The summed E-state index contributed by atoms with van der Waals surface area (Å²) < 4.78 is 15.7. The number of anilines is 1. The molecule has 1 saturated carbocycles. The lowest BCUT2D eigenvalue weighted by molar-refractivity contribution is -0.122. The van der Waals surface area contributed by atoms with Gasteiger partial charge in [0.2, 0.25) is 11.8 Å². The van der Waals surface area contributed by atoms with Crippen molar-refractivity contribution < 1.29 is 14.0 Å². The van der Waals surface area contributed by atoms with Crippen molar-refractivity contribution >= 4 is 17.5 Å². The number of amides is 2. The minimum atomic E-state index is -0.291. The Morgan fingerprint density at radius 1 is 1.08 bits per heavy atom. The summed E-state index contributed by atoms with van der Waals surface area (Å²) in [5.74, 6) is -0.872. The van der Waals surface area contributed by atoms with Crippen LogP contribution in [0.1, 0.15) is 42.6 Å². The van der Waals surface area contributed by atoms with Gasteiger partial charge in [-0.2, -0.15) is 5.10 Å². The topological polar surface area (TPSA) is 55.2 Å². The van der Waals surface area contributed by atoms with E-state index in [-0.39, 0.29) is 36.0 Å². The Morgan fingerprint density at radius 2 is 1.69 bits per heavy atom. The zero-order chi connectivity index (χ0) is 18.4. The Bertz CT molecular complexity index is 865. The standard InChI is InChI=1S/C20H22FN3O2/c1-12-18(24-19(25)15-8-4-5-9-16(15)20(24)26)13(2)23(22-12)11-14-7-3-6-10-17(14)21/h3,6-7,10,15-16H,4-5,8-9,11H2,1-2H3/t15-,16-/m0/s1. The molecule has 6 heteroatoms. The van der Waals surface area contributed by atoms with E-state index in [0.29, 0.717) is 22.6 Å². The average Bonchev–Trinajstić information content (AvgIpc) is 3.04. The van der Waals surface area contributed by atoms with Crippen LogP contribution in [0, 0.1) is 31.5 Å². The van der Waals surface area contributed by atoms with Crippen molar-refractivity contribution in [1.29, 1.82) is 0 Å². The highest BCUT2D eigenvalue weighted by Crippen LogP contribution is 2.41. The van der Waals surface area contributed by atoms with Gasteiger partial charge >= 0.3 is 0 Å². The monoisotopic (exact) mass is 355 g/mol. The molecule has 1 aliphatic carbocycles. The third kappa shape index (κ3) is 2.55. The maximum absolute atomic E-state index is 14.0. The third-order valence-corrected chi connectivity index (χ3v) is 5.69. The lowest BCUT2D eigenvalue weighted by atomic mass is 9.81. The summed E-state index contributed by atoms with van der Waals surface area (Å²) >= 11 is 0. The van der Waals surface area contributed by atoms with Gasteiger partial charge in [-0.15, -0.1) is 0 Å². The van der Waals surface area contributed by atoms with Crippen LogP contribution in [0.25, 0.3) is 0 Å². The molecule has 0 unspecified atom stereocenters. The largest absolute Gasteiger partial charge is 0.274 e. The first-order chi connectivity index (χ1) is 12.5. The Morgan fingerprint density at radius 3 is 2.31 bits per heavy atom. The number of carbonyl (C=O) groups excluding carboxylic acids is 2. The maximum atomic E-state index is 14.0. The average molecular weight is 355 g/mol. The van der Waals surface area contributed by atoms with Crippen LogP contribution in [0.3, 0.4) is 0 Å². The fourth-order valence-electron chi connectivity index (χ4n) is 4.34. The summed E-state index contributed by atoms with van der Waals surface area (Å²) in [6.45, 7) is 3.89. The minimum Gasteiger partial charge on any atom is -0.274 e. The van der Waals surface area contributed by atoms with Gasteiger partial charge in [0.05, 0.1) is 35.5 Å². The molecule has 2 heterocycles. The van der Waals surface area contributed by atoms with E-state index in [9.17, 15) is 14.0 Å². The third-order valence-electron chi connectivity index (χ3n) is 5.69. The van der Waals surface area contributed by atoms with Gasteiger partial charge < -0.3 is 0 Å². The molecule has 0 radical (unpaired) electrons. The number of hydrogen-bond donors (Lipinski definition) is 0. The van der Waals surface area contributed by atoms with Crippen LogP contribution >= 0.6 is 0 Å². The van der Waals surface area contributed by atoms with Gasteiger partial charge in [0, 0.05) is 5.56 Å². The second-order valence-corrected chi connectivity index (χ2v) is 7.28. The van der Waals surface area contributed by atoms with Crippen molar-refractivity contribution in [2.45, 2.75) is 46.1 Å². The van der Waals surface area contributed by atoms with Crippen LogP contribution in [0.5, 0.6) is 0 Å². The smallest absolute Gasteiger partial charge is 0.237 e. The van der Waals surface area contributed by atoms with Gasteiger partial charge in [0.15, 0.2) is 0 Å². The van der Waals surface area contributed by atoms with Gasteiger partial charge in [-0.1, -0.05) is 31.0 Å². The molecule has 2 aliphatic rings. The molecule has 0 N–H and O–H groups in total. The van der Waals surface area contributed by atoms with Crippen molar-refractivity contribution in [3.05, 3.63) is 47.0 Å². The molecule has 4 rings (SSSR count). The van der Waals surface area contributed by atoms with Gasteiger partial charge in [0.1, 0.15) is 5.82 Å². The van der Waals surface area contributed by atoms with E-state index in [1.165, 1.54) is 11.0 Å². The van der Waals surface area contributed by atoms with Crippen molar-refractivity contribution in [2.24, 2.45) is 11.8 Å². The number of halogens is 1. The van der Waals surface area contributed by atoms with E-state index >= 15 is 0 Å². The summed E-state index contributed by atoms with van der Waals surface area (Å²) in [5.41, 5.74) is 2.44. The van der Waals surface area contributed by atoms with Gasteiger partial charge in [-0.05, 0) is 32.8 Å². The molecule has 1 saturated heterocycles. The highest BCUT2D eigenvalue weighted by molar-refractivity contribution is 6.22. The molecule has 2 aromatic rings. The maximum Gasteiger partial charge on any atom is 0.237 e. The molecule has 1 aromatic carbocycles. The molecule has 2 fully saturated rings. The molecule has 1 aromatic heterocycles. The molecule has 5 nitrogen and oxygen atoms in total. The number of aromatic nitrogens is 2. The van der Waals surface area contributed by atoms with Crippen molar-refractivity contribution in [1.82, 2.24) is 9.78 Å². The van der Waals surface area contributed by atoms with Crippen LogP contribution in [-0.4, -0.2) is 21.6 Å². The number of benzene rings is 1. The zero-order valence-electron chi connectivity index (χ0n) is 15.0. The molecule has 136 valence electrons. The highest BCUT2D eigenvalue weighted by atomic mass is 19.1. The van der Waals surface area contributed by atoms with Crippen LogP contribution in [-0.2, 0) is 16.1 Å². The number of imide groups is 1. The Balaban J connectivity index is 1.70. The van der Waals surface area contributed by atoms with Crippen LogP contribution < -0.4 is 4.90 Å². The SMILES string of the molecule is Cc1nn(Cc2ccccc2F)c(C)c1N1C(=O)[C@H]2CCCC[C@@H]2C1=O. The molecule has 2 atom stereocenters. The van der Waals surface area contributed by atoms with E-state index in [2.05, 4.69) is 5.10 Å². The quantitative estimate of drug-likeness (QED) is 0.793. The van der Waals surface area contributed by atoms with E-state index < -0.39 is 0 Å². The van der Waals surface area contributed by atoms with Crippen molar-refractivity contribution in [3.8, 4) is 0 Å². The lowest BCUT2D eigenvalue weighted by Crippen LogP contribution is -2.31. The van der Waals surface area contributed by atoms with E-state index in [1.807, 2.05) is 6.92 Å². The Labute approximate surface area is 151 Å². The molecular weight excluding hydrogens is 333 g/mol. The van der Waals surface area contributed by atoms with E-state index in [1.54, 1.807) is 29.8 Å². The second-order valence-electron chi connectivity index (χ2n) is 7.28.